The summed E-state index contributed by atoms with van der Waals surface area (Å²) in [5.41, 5.74) is 3.46. The van der Waals surface area contributed by atoms with E-state index in [1.807, 2.05) is 52.8 Å². The molecule has 0 aliphatic heterocycles. The van der Waals surface area contributed by atoms with E-state index in [2.05, 4.69) is 15.6 Å². The molecule has 0 saturated heterocycles. The van der Waals surface area contributed by atoms with E-state index in [0.717, 1.165) is 16.8 Å². The molecule has 6 heteroatoms. The van der Waals surface area contributed by atoms with Gasteiger partial charge in [0.15, 0.2) is 0 Å². The normalized spacial score (nSPS) is 11.9. The van der Waals surface area contributed by atoms with Crippen molar-refractivity contribution in [2.75, 3.05) is 0 Å². The molecule has 1 aromatic carbocycles. The molecule has 1 aromatic heterocycles. The van der Waals surface area contributed by atoms with Crippen LogP contribution in [0.3, 0.4) is 0 Å². The molecule has 0 bridgehead atoms. The van der Waals surface area contributed by atoms with Gasteiger partial charge in [0.05, 0.1) is 0 Å². The summed E-state index contributed by atoms with van der Waals surface area (Å²) in [5, 5.41) is 5.56. The van der Waals surface area contributed by atoms with Crippen LogP contribution in [0.25, 0.3) is 0 Å². The number of rotatable bonds is 6. The van der Waals surface area contributed by atoms with Gasteiger partial charge in [-0.1, -0.05) is 31.5 Å². The maximum atomic E-state index is 12.6. The van der Waals surface area contributed by atoms with E-state index in [9.17, 15) is 14.4 Å². The molecule has 0 radical (unpaired) electrons. The number of H-pyrrole nitrogens is 1. The Hall–Kier alpha value is -2.89. The molecule has 1 unspecified atom stereocenters. The smallest absolute Gasteiger partial charge is 0.253 e. The number of carbonyl (C=O) groups excluding carboxylic acids is 2. The maximum Gasteiger partial charge on any atom is 0.253 e. The maximum absolute atomic E-state index is 12.6. The zero-order valence-electron chi connectivity index (χ0n) is 16.5. The second kappa shape index (κ2) is 8.66. The third kappa shape index (κ3) is 5.29. The molecule has 0 saturated carbocycles. The summed E-state index contributed by atoms with van der Waals surface area (Å²) in [6.07, 6.45) is 0. The van der Waals surface area contributed by atoms with Crippen molar-refractivity contribution in [3.05, 3.63) is 68.6 Å². The molecular weight excluding hydrogens is 342 g/mol. The first-order chi connectivity index (χ1) is 12.7. The topological polar surface area (TPSA) is 91.1 Å². The van der Waals surface area contributed by atoms with Crippen LogP contribution in [0.1, 0.15) is 46.6 Å². The Morgan fingerprint density at radius 2 is 1.70 bits per heavy atom. The number of carbonyl (C=O) groups is 2. The highest BCUT2D eigenvalue weighted by atomic mass is 16.2. The molecule has 3 N–H and O–H groups in total. The van der Waals surface area contributed by atoms with Crippen molar-refractivity contribution in [1.82, 2.24) is 15.6 Å². The first-order valence-electron chi connectivity index (χ1n) is 9.03. The Labute approximate surface area is 159 Å². The Balaban J connectivity index is 2.08. The first kappa shape index (κ1) is 20.4. The van der Waals surface area contributed by atoms with Crippen molar-refractivity contribution in [2.24, 2.45) is 5.92 Å². The van der Waals surface area contributed by atoms with E-state index in [-0.39, 0.29) is 29.8 Å². The molecule has 1 atom stereocenters. The van der Waals surface area contributed by atoms with Gasteiger partial charge in [-0.2, -0.15) is 0 Å². The van der Waals surface area contributed by atoms with E-state index in [0.29, 0.717) is 11.1 Å². The molecule has 0 aliphatic carbocycles. The van der Waals surface area contributed by atoms with Gasteiger partial charge in [-0.15, -0.1) is 0 Å². The predicted molar refractivity (Wildman–Crippen MR) is 106 cm³/mol. The minimum Gasteiger partial charge on any atom is -0.350 e. The van der Waals surface area contributed by atoms with E-state index in [1.165, 1.54) is 0 Å². The quantitative estimate of drug-likeness (QED) is 0.730. The standard InChI is InChI=1S/C21H27N3O3/c1-12(2)18(24-19(25)16-8-6-13(3)7-9-16)21(27)22-11-17-14(4)10-15(5)23-20(17)26/h6-10,12,18H,11H2,1-5H3,(H,22,27)(H,23,26)(H,24,25). The van der Waals surface area contributed by atoms with Crippen LogP contribution in [0.4, 0.5) is 0 Å². The molecule has 6 nitrogen and oxygen atoms in total. The summed E-state index contributed by atoms with van der Waals surface area (Å²) in [6.45, 7) is 9.44. The third-order valence-electron chi connectivity index (χ3n) is 4.48. The van der Waals surface area contributed by atoms with E-state index in [4.69, 9.17) is 0 Å². The number of hydrogen-bond donors (Lipinski definition) is 3. The van der Waals surface area contributed by atoms with E-state index < -0.39 is 6.04 Å². The summed E-state index contributed by atoms with van der Waals surface area (Å²) in [6, 6.07) is 8.34. The Bertz CT molecular complexity index is 883. The number of aromatic nitrogens is 1. The van der Waals surface area contributed by atoms with Gasteiger partial charge in [0, 0.05) is 23.4 Å². The minimum atomic E-state index is -0.691. The summed E-state index contributed by atoms with van der Waals surface area (Å²) >= 11 is 0. The van der Waals surface area contributed by atoms with Crippen molar-refractivity contribution in [3.63, 3.8) is 0 Å². The summed E-state index contributed by atoms with van der Waals surface area (Å²) < 4.78 is 0. The van der Waals surface area contributed by atoms with Gasteiger partial charge >= 0.3 is 0 Å². The van der Waals surface area contributed by atoms with Crippen LogP contribution in [-0.4, -0.2) is 22.8 Å². The number of aromatic amines is 1. The molecule has 1 heterocycles. The lowest BCUT2D eigenvalue weighted by atomic mass is 10.0. The first-order valence-corrected chi connectivity index (χ1v) is 9.03. The van der Waals surface area contributed by atoms with Crippen molar-refractivity contribution >= 4 is 11.8 Å². The van der Waals surface area contributed by atoms with Crippen LogP contribution in [0.5, 0.6) is 0 Å². The second-order valence-electron chi connectivity index (χ2n) is 7.22. The predicted octanol–water partition coefficient (Wildman–Crippen LogP) is 2.37. The number of benzene rings is 1. The Morgan fingerprint density at radius 3 is 2.26 bits per heavy atom. The molecule has 27 heavy (non-hydrogen) atoms. The molecule has 2 aromatic rings. The molecular formula is C21H27N3O3. The lowest BCUT2D eigenvalue weighted by Crippen LogP contribution is -2.49. The van der Waals surface area contributed by atoms with Gasteiger partial charge in [-0.05, 0) is 50.5 Å². The van der Waals surface area contributed by atoms with E-state index >= 15 is 0 Å². The molecule has 144 valence electrons. The van der Waals surface area contributed by atoms with Gasteiger partial charge in [0.2, 0.25) is 5.91 Å². The zero-order valence-corrected chi connectivity index (χ0v) is 16.5. The summed E-state index contributed by atoms with van der Waals surface area (Å²) in [7, 11) is 0. The van der Waals surface area contributed by atoms with Crippen molar-refractivity contribution in [2.45, 2.75) is 47.2 Å². The summed E-state index contributed by atoms with van der Waals surface area (Å²) in [4.78, 5) is 39.9. The van der Waals surface area contributed by atoms with Crippen LogP contribution in [0.2, 0.25) is 0 Å². The highest BCUT2D eigenvalue weighted by Crippen LogP contribution is 2.08. The largest absolute Gasteiger partial charge is 0.350 e. The van der Waals surface area contributed by atoms with Gasteiger partial charge in [-0.3, -0.25) is 14.4 Å². The fourth-order valence-electron chi connectivity index (χ4n) is 2.85. The van der Waals surface area contributed by atoms with Crippen molar-refractivity contribution < 1.29 is 9.59 Å². The fourth-order valence-corrected chi connectivity index (χ4v) is 2.85. The molecule has 2 rings (SSSR count). The lowest BCUT2D eigenvalue weighted by Gasteiger charge is -2.22. The van der Waals surface area contributed by atoms with Crippen molar-refractivity contribution in [3.8, 4) is 0 Å². The lowest BCUT2D eigenvalue weighted by molar-refractivity contribution is -0.124. The van der Waals surface area contributed by atoms with Crippen LogP contribution < -0.4 is 16.2 Å². The Kier molecular flexibility index (Phi) is 6.55. The molecule has 2 amide bonds. The monoisotopic (exact) mass is 369 g/mol. The number of aryl methyl sites for hydroxylation is 3. The number of pyridine rings is 1. The van der Waals surface area contributed by atoms with E-state index in [1.54, 1.807) is 12.1 Å². The van der Waals surface area contributed by atoms with Gasteiger partial charge < -0.3 is 15.6 Å². The van der Waals surface area contributed by atoms with Gasteiger partial charge in [-0.25, -0.2) is 0 Å². The average Bonchev–Trinajstić information content (AvgIpc) is 2.58. The molecule has 0 spiro atoms. The van der Waals surface area contributed by atoms with Crippen LogP contribution in [0.15, 0.2) is 35.1 Å². The fraction of sp³-hybridized carbons (Fsp3) is 0.381. The zero-order chi connectivity index (χ0) is 20.1. The number of amides is 2. The SMILES string of the molecule is Cc1ccc(C(=O)NC(C(=O)NCc2c(C)cc(C)[nH]c2=O)C(C)C)cc1. The Morgan fingerprint density at radius 1 is 1.07 bits per heavy atom. The highest BCUT2D eigenvalue weighted by molar-refractivity contribution is 5.97. The number of hydrogen-bond acceptors (Lipinski definition) is 3. The van der Waals surface area contributed by atoms with Gasteiger partial charge in [0.1, 0.15) is 6.04 Å². The third-order valence-corrected chi connectivity index (χ3v) is 4.48. The van der Waals surface area contributed by atoms with Gasteiger partial charge in [0.25, 0.3) is 11.5 Å². The highest BCUT2D eigenvalue weighted by Gasteiger charge is 2.24. The van der Waals surface area contributed by atoms with Crippen LogP contribution >= 0.6 is 0 Å². The van der Waals surface area contributed by atoms with Crippen molar-refractivity contribution in [1.29, 1.82) is 0 Å². The molecule has 0 fully saturated rings. The number of nitrogens with one attached hydrogen (secondary N) is 3. The second-order valence-corrected chi connectivity index (χ2v) is 7.22. The average molecular weight is 369 g/mol. The van der Waals surface area contributed by atoms with Crippen LogP contribution in [0, 0.1) is 26.7 Å². The summed E-state index contributed by atoms with van der Waals surface area (Å²) in [5.74, 6) is -0.713. The molecule has 0 aliphatic rings. The minimum absolute atomic E-state index is 0.100. The van der Waals surface area contributed by atoms with Crippen LogP contribution in [-0.2, 0) is 11.3 Å².